The van der Waals surface area contributed by atoms with E-state index in [1.807, 2.05) is 0 Å². The maximum absolute atomic E-state index is 14.5. The topological polar surface area (TPSA) is 194 Å². The Morgan fingerprint density at radius 3 is 1.77 bits per heavy atom. The number of ether oxygens (including phenoxy) is 3. The fraction of sp³-hybridized carbons (Fsp3) is 0.333. The van der Waals surface area contributed by atoms with Gasteiger partial charge in [-0.25, -0.2) is 14.8 Å². The number of carboxylic acids is 1. The number of hydrogen-bond acceptors (Lipinski definition) is 11. The smallest absolute Gasteiger partial charge is 0.374 e. The van der Waals surface area contributed by atoms with Crippen molar-refractivity contribution in [3.63, 3.8) is 0 Å². The summed E-state index contributed by atoms with van der Waals surface area (Å²) in [5.74, 6) is -10.3. The SMILES string of the molecule is CC(=O)Oc1cc(C2=CN(C(C)=O)C(C(C)C)C(=O)N2N(C(C)=O)[C@@H](Cc2ccccc2)C(=O)C(=O)O)cc(OC(C)=O)c1OC(C)=O. The second-order valence-electron chi connectivity index (χ2n) is 11.1. The van der Waals surface area contributed by atoms with E-state index < -0.39 is 82.6 Å². The van der Waals surface area contributed by atoms with Crippen molar-refractivity contribution in [1.29, 1.82) is 0 Å². The van der Waals surface area contributed by atoms with E-state index in [2.05, 4.69) is 0 Å². The molecule has 3 amide bonds. The summed E-state index contributed by atoms with van der Waals surface area (Å²) in [6.07, 6.45) is 0.874. The predicted molar refractivity (Wildman–Crippen MR) is 165 cm³/mol. The van der Waals surface area contributed by atoms with Crippen LogP contribution in [-0.2, 0) is 44.8 Å². The Bertz CT molecular complexity index is 1660. The summed E-state index contributed by atoms with van der Waals surface area (Å²) in [6, 6.07) is 7.43. The molecule has 1 N–H and O–H groups in total. The van der Waals surface area contributed by atoms with Crippen LogP contribution >= 0.6 is 0 Å². The molecule has 254 valence electrons. The van der Waals surface area contributed by atoms with Gasteiger partial charge in [-0.05, 0) is 23.6 Å². The lowest BCUT2D eigenvalue weighted by molar-refractivity contribution is -0.171. The molecule has 48 heavy (non-hydrogen) atoms. The number of amides is 3. The molecule has 0 spiro atoms. The van der Waals surface area contributed by atoms with Crippen LogP contribution in [0.25, 0.3) is 5.70 Å². The minimum Gasteiger partial charge on any atom is -0.475 e. The normalized spacial score (nSPS) is 14.9. The second kappa shape index (κ2) is 15.2. The Kier molecular flexibility index (Phi) is 11.6. The number of nitrogens with zero attached hydrogens (tertiary/aromatic N) is 3. The van der Waals surface area contributed by atoms with Crippen molar-refractivity contribution >= 4 is 53.1 Å². The lowest BCUT2D eigenvalue weighted by atomic mass is 9.96. The van der Waals surface area contributed by atoms with Crippen molar-refractivity contribution in [2.75, 3.05) is 0 Å². The quantitative estimate of drug-likeness (QED) is 0.210. The number of aliphatic carboxylic acids is 1. The molecule has 2 atom stereocenters. The van der Waals surface area contributed by atoms with Gasteiger partial charge < -0.3 is 24.2 Å². The number of Topliss-reactive ketones (excluding diaryl/α,β-unsaturated/α-hetero) is 1. The van der Waals surface area contributed by atoms with Crippen LogP contribution in [0.2, 0.25) is 0 Å². The van der Waals surface area contributed by atoms with Gasteiger partial charge in [0.15, 0.2) is 11.5 Å². The van der Waals surface area contributed by atoms with E-state index in [1.165, 1.54) is 13.1 Å². The number of hydrogen-bond donors (Lipinski definition) is 1. The third kappa shape index (κ3) is 8.29. The fourth-order valence-corrected chi connectivity index (χ4v) is 5.14. The highest BCUT2D eigenvalue weighted by atomic mass is 16.6. The summed E-state index contributed by atoms with van der Waals surface area (Å²) >= 11 is 0. The molecule has 0 radical (unpaired) electrons. The van der Waals surface area contributed by atoms with E-state index in [1.54, 1.807) is 44.2 Å². The number of carboxylic acid groups (broad SMARTS) is 1. The van der Waals surface area contributed by atoms with Crippen molar-refractivity contribution in [3.8, 4) is 17.2 Å². The van der Waals surface area contributed by atoms with E-state index in [0.29, 0.717) is 10.6 Å². The predicted octanol–water partition coefficient (Wildman–Crippen LogP) is 2.50. The average Bonchev–Trinajstić information content (AvgIpc) is 2.97. The highest BCUT2D eigenvalue weighted by Gasteiger charge is 2.47. The molecule has 0 bridgehead atoms. The Hall–Kier alpha value is -5.86. The molecule has 1 heterocycles. The first-order chi connectivity index (χ1) is 22.4. The van der Waals surface area contributed by atoms with E-state index in [-0.39, 0.29) is 17.7 Å². The molecular formula is C33H35N3O12. The number of carbonyl (C=O) groups is 8. The molecule has 1 aliphatic rings. The third-order valence-electron chi connectivity index (χ3n) is 6.93. The molecule has 15 nitrogen and oxygen atoms in total. The van der Waals surface area contributed by atoms with E-state index in [0.717, 1.165) is 49.7 Å². The monoisotopic (exact) mass is 665 g/mol. The minimum absolute atomic E-state index is 0.132. The lowest BCUT2D eigenvalue weighted by Gasteiger charge is -2.46. The second-order valence-corrected chi connectivity index (χ2v) is 11.1. The molecule has 1 aliphatic heterocycles. The number of hydrazine groups is 1. The van der Waals surface area contributed by atoms with Crippen LogP contribution < -0.4 is 14.2 Å². The molecule has 0 saturated heterocycles. The summed E-state index contributed by atoms with van der Waals surface area (Å²) in [7, 11) is 0. The van der Waals surface area contributed by atoms with Crippen LogP contribution in [0.5, 0.6) is 17.2 Å². The Labute approximate surface area is 275 Å². The summed E-state index contributed by atoms with van der Waals surface area (Å²) in [5, 5.41) is 11.3. The number of carbonyl (C=O) groups excluding carboxylic acids is 7. The van der Waals surface area contributed by atoms with Gasteiger partial charge in [-0.3, -0.25) is 33.6 Å². The zero-order chi connectivity index (χ0) is 36.0. The van der Waals surface area contributed by atoms with E-state index in [9.17, 15) is 43.5 Å². The first-order valence-electron chi connectivity index (χ1n) is 14.6. The zero-order valence-electron chi connectivity index (χ0n) is 27.3. The van der Waals surface area contributed by atoms with E-state index in [4.69, 9.17) is 14.2 Å². The summed E-state index contributed by atoms with van der Waals surface area (Å²) in [4.78, 5) is 104. The first kappa shape index (κ1) is 36.6. The van der Waals surface area contributed by atoms with Gasteiger partial charge in [0.25, 0.3) is 11.7 Å². The standard InChI is InChI=1S/C33H35N3O12/c1-17(2)29-32(43)36(35(19(4)38)25(30(42)33(44)45)13-23-11-9-8-10-12-23)26(16-34(29)18(3)37)24-14-27(46-20(5)39)31(48-22(7)41)28(15-24)47-21(6)40/h8-12,14-17,25,29H,13H2,1-7H3,(H,44,45)/t25-,29?/m0/s1. The van der Waals surface area contributed by atoms with Crippen LogP contribution in [0.4, 0.5) is 0 Å². The van der Waals surface area contributed by atoms with Crippen LogP contribution in [0.1, 0.15) is 59.6 Å². The van der Waals surface area contributed by atoms with Gasteiger partial charge in [-0.15, -0.1) is 0 Å². The molecule has 0 saturated carbocycles. The maximum atomic E-state index is 14.5. The van der Waals surface area contributed by atoms with Gasteiger partial charge in [0, 0.05) is 52.8 Å². The number of ketones is 1. The molecule has 0 fully saturated rings. The molecule has 3 rings (SSSR count). The summed E-state index contributed by atoms with van der Waals surface area (Å²) in [5.41, 5.74) is 0.0477. The number of esters is 3. The van der Waals surface area contributed by atoms with Gasteiger partial charge in [0.1, 0.15) is 12.1 Å². The summed E-state index contributed by atoms with van der Waals surface area (Å²) in [6.45, 7) is 8.63. The molecule has 0 aromatic heterocycles. The molecule has 15 heteroatoms. The minimum atomic E-state index is -1.87. The van der Waals surface area contributed by atoms with Crippen molar-refractivity contribution < 1.29 is 57.7 Å². The zero-order valence-corrected chi connectivity index (χ0v) is 27.3. The lowest BCUT2D eigenvalue weighted by Crippen LogP contribution is -2.63. The average molecular weight is 666 g/mol. The molecular weight excluding hydrogens is 630 g/mol. The van der Waals surface area contributed by atoms with Gasteiger partial charge in [-0.2, -0.15) is 0 Å². The Balaban J connectivity index is 2.46. The maximum Gasteiger partial charge on any atom is 0.374 e. The van der Waals surface area contributed by atoms with Crippen LogP contribution in [0, 0.1) is 5.92 Å². The Morgan fingerprint density at radius 2 is 1.35 bits per heavy atom. The first-order valence-corrected chi connectivity index (χ1v) is 14.6. The van der Waals surface area contributed by atoms with Crippen molar-refractivity contribution in [1.82, 2.24) is 14.9 Å². The largest absolute Gasteiger partial charge is 0.475 e. The van der Waals surface area contributed by atoms with Gasteiger partial charge in [0.05, 0.1) is 5.70 Å². The Morgan fingerprint density at radius 1 is 0.833 bits per heavy atom. The van der Waals surface area contributed by atoms with Crippen molar-refractivity contribution in [2.45, 2.75) is 67.0 Å². The summed E-state index contributed by atoms with van der Waals surface area (Å²) < 4.78 is 15.7. The van der Waals surface area contributed by atoms with Crippen LogP contribution in [0.15, 0.2) is 48.7 Å². The molecule has 2 aromatic rings. The highest BCUT2D eigenvalue weighted by molar-refractivity contribution is 6.35. The fourth-order valence-electron chi connectivity index (χ4n) is 5.14. The molecule has 0 aliphatic carbocycles. The van der Waals surface area contributed by atoms with E-state index >= 15 is 0 Å². The van der Waals surface area contributed by atoms with Crippen LogP contribution in [0.3, 0.4) is 0 Å². The van der Waals surface area contributed by atoms with Gasteiger partial charge in [-0.1, -0.05) is 44.2 Å². The molecule has 2 aromatic carbocycles. The van der Waals surface area contributed by atoms with Crippen LogP contribution in [-0.4, -0.2) is 79.5 Å². The van der Waals surface area contributed by atoms with Crippen molar-refractivity contribution in [2.24, 2.45) is 5.92 Å². The highest BCUT2D eigenvalue weighted by Crippen LogP contribution is 2.43. The third-order valence-corrected chi connectivity index (χ3v) is 6.93. The van der Waals surface area contributed by atoms with Gasteiger partial charge in [0.2, 0.25) is 17.6 Å². The number of benzene rings is 2. The molecule has 1 unspecified atom stereocenters. The van der Waals surface area contributed by atoms with Crippen molar-refractivity contribution in [3.05, 3.63) is 59.8 Å². The van der Waals surface area contributed by atoms with Gasteiger partial charge >= 0.3 is 23.9 Å². The number of rotatable bonds is 11.